The highest BCUT2D eigenvalue weighted by Gasteiger charge is 2.46. The van der Waals surface area contributed by atoms with Gasteiger partial charge in [0.25, 0.3) is 0 Å². The van der Waals surface area contributed by atoms with Crippen molar-refractivity contribution in [2.45, 2.75) is 57.5 Å². The quantitative estimate of drug-likeness (QED) is 0.731. The van der Waals surface area contributed by atoms with Gasteiger partial charge in [-0.05, 0) is 63.8 Å². The molecule has 0 radical (unpaired) electrons. The molecule has 2 atom stereocenters. The molecule has 0 amide bonds. The van der Waals surface area contributed by atoms with E-state index in [9.17, 15) is 20.1 Å². The maximum atomic E-state index is 11.6. The third kappa shape index (κ3) is 2.80. The lowest BCUT2D eigenvalue weighted by Gasteiger charge is -2.47. The Morgan fingerprint density at radius 2 is 2.04 bits per heavy atom. The Morgan fingerprint density at radius 3 is 2.64 bits per heavy atom. The van der Waals surface area contributed by atoms with Crippen LogP contribution in [-0.4, -0.2) is 33.5 Å². The fourth-order valence-corrected chi connectivity index (χ4v) is 4.08. The Balaban J connectivity index is 2.14. The number of carboxylic acids is 1. The Bertz CT molecular complexity index is 745. The third-order valence-electron chi connectivity index (χ3n) is 5.84. The van der Waals surface area contributed by atoms with Crippen molar-refractivity contribution in [1.82, 2.24) is 0 Å². The number of hydrogen-bond acceptors (Lipinski definition) is 4. The molecule has 3 N–H and O–H groups in total. The molecule has 0 spiro atoms. The summed E-state index contributed by atoms with van der Waals surface area (Å²) in [6.07, 6.45) is 3.53. The predicted octanol–water partition coefficient (Wildman–Crippen LogP) is 3.34. The fourth-order valence-electron chi connectivity index (χ4n) is 4.08. The van der Waals surface area contributed by atoms with Crippen LogP contribution in [0.5, 0.6) is 11.5 Å². The first-order valence-electron chi connectivity index (χ1n) is 8.66. The number of aromatic hydroxyl groups is 1. The Labute approximate surface area is 147 Å². The van der Waals surface area contributed by atoms with Crippen molar-refractivity contribution >= 4 is 5.97 Å². The minimum atomic E-state index is -1.13. The molecule has 1 aromatic carbocycles. The Morgan fingerprint density at radius 1 is 1.36 bits per heavy atom. The van der Waals surface area contributed by atoms with E-state index >= 15 is 0 Å². The van der Waals surface area contributed by atoms with E-state index in [1.54, 1.807) is 26.0 Å². The minimum absolute atomic E-state index is 0.0186. The standard InChI is InChI=1S/C20H26O5/c1-19(2,18(23)24)12-8-15(22)17-13-7-11(10-21)5-6-14(13)20(3,4)25-16(17)9-12/h5,8-9,13-14,21-22H,6-7,10H2,1-4H3,(H,23,24)/t13-,14-/m1/s1. The zero-order valence-electron chi connectivity index (χ0n) is 15.2. The van der Waals surface area contributed by atoms with E-state index < -0.39 is 17.0 Å². The SMILES string of the molecule is CC(C)(C(=O)O)c1cc(O)c2c(c1)OC(C)(C)[C@@H]1CC=C(CO)C[C@@H]21. The zero-order chi connectivity index (χ0) is 18.6. The van der Waals surface area contributed by atoms with Gasteiger partial charge in [0, 0.05) is 17.4 Å². The molecule has 0 bridgehead atoms. The number of fused-ring (bicyclic) bond motifs is 3. The van der Waals surface area contributed by atoms with Crippen LogP contribution in [0.15, 0.2) is 23.8 Å². The fraction of sp³-hybridized carbons (Fsp3) is 0.550. The van der Waals surface area contributed by atoms with Gasteiger partial charge >= 0.3 is 5.97 Å². The summed E-state index contributed by atoms with van der Waals surface area (Å²) in [6, 6.07) is 3.29. The summed E-state index contributed by atoms with van der Waals surface area (Å²) in [5.41, 5.74) is 0.652. The molecule has 3 rings (SSSR count). The Hall–Kier alpha value is -2.01. The van der Waals surface area contributed by atoms with E-state index in [0.29, 0.717) is 17.7 Å². The van der Waals surface area contributed by atoms with Gasteiger partial charge in [0.15, 0.2) is 0 Å². The third-order valence-corrected chi connectivity index (χ3v) is 5.84. The van der Waals surface area contributed by atoms with Gasteiger partial charge in [0.2, 0.25) is 0 Å². The maximum Gasteiger partial charge on any atom is 0.313 e. The number of phenolic OH excluding ortho intramolecular Hbond substituents is 1. The van der Waals surface area contributed by atoms with Crippen LogP contribution in [0.1, 0.15) is 57.6 Å². The van der Waals surface area contributed by atoms with Crippen molar-refractivity contribution in [3.8, 4) is 11.5 Å². The summed E-state index contributed by atoms with van der Waals surface area (Å²) in [4.78, 5) is 11.6. The Kier molecular flexibility index (Phi) is 4.11. The lowest BCUT2D eigenvalue weighted by atomic mass is 9.66. The van der Waals surface area contributed by atoms with Crippen molar-refractivity contribution in [1.29, 1.82) is 0 Å². The molecule has 1 heterocycles. The smallest absolute Gasteiger partial charge is 0.313 e. The number of ether oxygens (including phenoxy) is 1. The van der Waals surface area contributed by atoms with Crippen molar-refractivity contribution in [2.75, 3.05) is 6.61 Å². The molecule has 0 saturated carbocycles. The van der Waals surface area contributed by atoms with E-state index in [4.69, 9.17) is 4.74 Å². The van der Waals surface area contributed by atoms with Crippen molar-refractivity contribution < 1.29 is 24.9 Å². The number of hydrogen-bond donors (Lipinski definition) is 3. The highest BCUT2D eigenvalue weighted by Crippen LogP contribution is 2.54. The van der Waals surface area contributed by atoms with Gasteiger partial charge in [-0.2, -0.15) is 0 Å². The molecular weight excluding hydrogens is 320 g/mol. The number of aliphatic hydroxyl groups is 1. The van der Waals surface area contributed by atoms with Crippen LogP contribution >= 0.6 is 0 Å². The van der Waals surface area contributed by atoms with Crippen molar-refractivity contribution in [3.05, 3.63) is 34.9 Å². The summed E-state index contributed by atoms with van der Waals surface area (Å²) in [5.74, 6) is -0.0864. The molecule has 1 aromatic rings. The number of rotatable bonds is 3. The average molecular weight is 346 g/mol. The molecule has 5 heteroatoms. The van der Waals surface area contributed by atoms with Crippen LogP contribution in [-0.2, 0) is 10.2 Å². The van der Waals surface area contributed by atoms with Crippen LogP contribution in [0.2, 0.25) is 0 Å². The van der Waals surface area contributed by atoms with Gasteiger partial charge in [-0.3, -0.25) is 4.79 Å². The molecule has 0 unspecified atom stereocenters. The summed E-state index contributed by atoms with van der Waals surface area (Å²) in [5, 5.41) is 29.7. The summed E-state index contributed by atoms with van der Waals surface area (Å²) >= 11 is 0. The van der Waals surface area contributed by atoms with Gasteiger partial charge in [-0.1, -0.05) is 6.08 Å². The van der Waals surface area contributed by atoms with E-state index in [1.165, 1.54) is 0 Å². The monoisotopic (exact) mass is 346 g/mol. The summed E-state index contributed by atoms with van der Waals surface area (Å²) in [7, 11) is 0. The molecule has 0 aromatic heterocycles. The number of carbonyl (C=O) groups is 1. The number of carboxylic acid groups (broad SMARTS) is 1. The molecule has 1 aliphatic carbocycles. The van der Waals surface area contributed by atoms with Crippen LogP contribution in [0, 0.1) is 5.92 Å². The first-order chi connectivity index (χ1) is 11.6. The van der Waals surface area contributed by atoms with Crippen LogP contribution < -0.4 is 4.74 Å². The topological polar surface area (TPSA) is 87.0 Å². The number of allylic oxidation sites excluding steroid dienone is 1. The van der Waals surface area contributed by atoms with E-state index in [2.05, 4.69) is 6.08 Å². The maximum absolute atomic E-state index is 11.6. The van der Waals surface area contributed by atoms with Crippen LogP contribution in [0.25, 0.3) is 0 Å². The normalized spacial score (nSPS) is 24.6. The summed E-state index contributed by atoms with van der Waals surface area (Å²) in [6.45, 7) is 7.29. The molecule has 5 nitrogen and oxygen atoms in total. The van der Waals surface area contributed by atoms with Gasteiger partial charge < -0.3 is 20.1 Å². The van der Waals surface area contributed by atoms with Crippen molar-refractivity contribution in [3.63, 3.8) is 0 Å². The molecule has 2 aliphatic rings. The van der Waals surface area contributed by atoms with E-state index in [0.717, 1.165) is 17.6 Å². The molecular formula is C20H26O5. The number of aliphatic hydroxyl groups excluding tert-OH is 1. The highest BCUT2D eigenvalue weighted by molar-refractivity contribution is 5.81. The molecule has 1 aliphatic heterocycles. The van der Waals surface area contributed by atoms with Gasteiger partial charge in [-0.25, -0.2) is 0 Å². The van der Waals surface area contributed by atoms with Crippen LogP contribution in [0.3, 0.4) is 0 Å². The van der Waals surface area contributed by atoms with Crippen LogP contribution in [0.4, 0.5) is 0 Å². The second-order valence-electron chi connectivity index (χ2n) is 8.22. The molecule has 0 fully saturated rings. The lowest BCUT2D eigenvalue weighted by molar-refractivity contribution is -0.142. The lowest BCUT2D eigenvalue weighted by Crippen LogP contribution is -2.45. The van der Waals surface area contributed by atoms with E-state index in [-0.39, 0.29) is 24.2 Å². The summed E-state index contributed by atoms with van der Waals surface area (Å²) < 4.78 is 6.21. The van der Waals surface area contributed by atoms with Crippen molar-refractivity contribution in [2.24, 2.45) is 5.92 Å². The second-order valence-corrected chi connectivity index (χ2v) is 8.22. The van der Waals surface area contributed by atoms with Gasteiger partial charge in [0.1, 0.15) is 17.1 Å². The molecule has 0 saturated heterocycles. The van der Waals surface area contributed by atoms with E-state index in [1.807, 2.05) is 13.8 Å². The predicted molar refractivity (Wildman–Crippen MR) is 94.1 cm³/mol. The number of benzene rings is 1. The zero-order valence-corrected chi connectivity index (χ0v) is 15.2. The highest BCUT2D eigenvalue weighted by atomic mass is 16.5. The average Bonchev–Trinajstić information content (AvgIpc) is 2.52. The minimum Gasteiger partial charge on any atom is -0.508 e. The first kappa shape index (κ1) is 17.8. The second kappa shape index (κ2) is 5.77. The first-order valence-corrected chi connectivity index (χ1v) is 8.66. The number of aliphatic carboxylic acids is 1. The number of phenols is 1. The molecule has 25 heavy (non-hydrogen) atoms. The van der Waals surface area contributed by atoms with Gasteiger partial charge in [0.05, 0.1) is 12.0 Å². The van der Waals surface area contributed by atoms with Gasteiger partial charge in [-0.15, -0.1) is 0 Å². The largest absolute Gasteiger partial charge is 0.508 e. The molecule has 136 valence electrons.